The lowest BCUT2D eigenvalue weighted by atomic mass is 9.46. The molecule has 0 spiro atoms. The monoisotopic (exact) mass is 490 g/mol. The second-order valence-corrected chi connectivity index (χ2v) is 13.5. The van der Waals surface area contributed by atoms with E-state index in [0.29, 0.717) is 47.3 Å². The highest BCUT2D eigenvalue weighted by Crippen LogP contribution is 2.68. The van der Waals surface area contributed by atoms with Crippen LogP contribution < -0.4 is 0 Å². The maximum atomic E-state index is 12.0. The third-order valence-corrected chi connectivity index (χ3v) is 11.5. The third kappa shape index (κ3) is 4.11. The van der Waals surface area contributed by atoms with Gasteiger partial charge in [0.15, 0.2) is 0 Å². The van der Waals surface area contributed by atoms with Crippen LogP contribution in [0.25, 0.3) is 0 Å². The van der Waals surface area contributed by atoms with E-state index in [1.807, 2.05) is 0 Å². The van der Waals surface area contributed by atoms with Crippen molar-refractivity contribution in [2.45, 2.75) is 110 Å². The number of fused-ring (bicyclic) bond motifs is 5. The van der Waals surface area contributed by atoms with Gasteiger partial charge in [0.05, 0.1) is 11.0 Å². The van der Waals surface area contributed by atoms with Crippen molar-refractivity contribution in [3.8, 4) is 0 Å². The van der Waals surface area contributed by atoms with Crippen LogP contribution in [-0.2, 0) is 9.53 Å². The molecule has 34 heavy (non-hydrogen) atoms. The second-order valence-electron chi connectivity index (χ2n) is 13.1. The van der Waals surface area contributed by atoms with Crippen molar-refractivity contribution in [1.82, 2.24) is 0 Å². The fourth-order valence-electron chi connectivity index (χ4n) is 8.43. The molecule has 0 saturated heterocycles. The van der Waals surface area contributed by atoms with E-state index in [1.54, 1.807) is 0 Å². The number of carbonyl (C=O) groups is 1. The van der Waals surface area contributed by atoms with Crippen molar-refractivity contribution in [3.05, 3.63) is 23.8 Å². The SMILES string of the molecule is CC(=O)OC1CC[C@@]2(C)[C@@H]3CC[C@]4(C)[C@H](CC[C@H]4[C@@H](C)/C=C/[C@@H](C)C(C)C)C3=C[C@@H](Cl)[C@]2(O)C1. The van der Waals surface area contributed by atoms with Crippen molar-refractivity contribution < 1.29 is 14.6 Å². The first kappa shape index (κ1) is 26.3. The summed E-state index contributed by atoms with van der Waals surface area (Å²) in [5, 5.41) is 11.5. The Balaban J connectivity index is 1.59. The maximum Gasteiger partial charge on any atom is 0.302 e. The van der Waals surface area contributed by atoms with Gasteiger partial charge in [0.1, 0.15) is 6.10 Å². The second kappa shape index (κ2) is 9.25. The molecular weight excluding hydrogens is 444 g/mol. The Labute approximate surface area is 212 Å². The number of hydrogen-bond donors (Lipinski definition) is 1. The summed E-state index contributed by atoms with van der Waals surface area (Å²) in [6.45, 7) is 15.6. The Morgan fingerprint density at radius 2 is 1.79 bits per heavy atom. The number of esters is 1. The van der Waals surface area contributed by atoms with E-state index in [2.05, 4.69) is 59.8 Å². The summed E-state index contributed by atoms with van der Waals surface area (Å²) in [6, 6.07) is 0. The van der Waals surface area contributed by atoms with Gasteiger partial charge in [-0.3, -0.25) is 4.79 Å². The highest BCUT2D eigenvalue weighted by Gasteiger charge is 2.65. The average molecular weight is 491 g/mol. The van der Waals surface area contributed by atoms with Gasteiger partial charge in [-0.05, 0) is 79.4 Å². The van der Waals surface area contributed by atoms with Crippen LogP contribution >= 0.6 is 11.6 Å². The van der Waals surface area contributed by atoms with Gasteiger partial charge in [-0.1, -0.05) is 65.3 Å². The van der Waals surface area contributed by atoms with Crippen molar-refractivity contribution in [2.75, 3.05) is 0 Å². The molecule has 0 amide bonds. The van der Waals surface area contributed by atoms with Gasteiger partial charge in [-0.15, -0.1) is 11.6 Å². The number of alkyl halides is 1. The van der Waals surface area contributed by atoms with Crippen molar-refractivity contribution in [3.63, 3.8) is 0 Å². The molecule has 3 fully saturated rings. The Hall–Kier alpha value is -0.800. The third-order valence-electron chi connectivity index (χ3n) is 11.0. The van der Waals surface area contributed by atoms with E-state index in [1.165, 1.54) is 31.8 Å². The van der Waals surface area contributed by atoms with Crippen molar-refractivity contribution >= 4 is 17.6 Å². The Morgan fingerprint density at radius 3 is 2.44 bits per heavy atom. The molecule has 10 atom stereocenters. The molecule has 0 heterocycles. The van der Waals surface area contributed by atoms with E-state index in [-0.39, 0.29) is 17.5 Å². The van der Waals surface area contributed by atoms with Crippen LogP contribution in [-0.4, -0.2) is 28.2 Å². The van der Waals surface area contributed by atoms with Crippen LogP contribution in [0, 0.1) is 46.3 Å². The van der Waals surface area contributed by atoms with Crippen molar-refractivity contribution in [2.24, 2.45) is 46.3 Å². The van der Waals surface area contributed by atoms with E-state index < -0.39 is 11.0 Å². The highest BCUT2D eigenvalue weighted by molar-refractivity contribution is 6.22. The summed E-state index contributed by atoms with van der Waals surface area (Å²) in [7, 11) is 0. The van der Waals surface area contributed by atoms with Crippen molar-refractivity contribution in [1.29, 1.82) is 0 Å². The summed E-state index contributed by atoms with van der Waals surface area (Å²) >= 11 is 7.01. The van der Waals surface area contributed by atoms with E-state index in [9.17, 15) is 9.90 Å². The van der Waals surface area contributed by atoms with Crippen LogP contribution in [0.2, 0.25) is 0 Å². The van der Waals surface area contributed by atoms with E-state index in [0.717, 1.165) is 19.3 Å². The van der Waals surface area contributed by atoms with Gasteiger partial charge in [-0.2, -0.15) is 0 Å². The predicted molar refractivity (Wildman–Crippen MR) is 140 cm³/mol. The standard InChI is InChI=1S/C30H47ClO3/c1-18(2)19(3)8-9-20(4)24-10-11-25-23-16-27(31)30(33)17-22(34-21(5)32)12-15-29(30,7)26(23)13-14-28(24,25)6/h8-9,16,18-20,22,24-27,33H,10-15,17H2,1-7H3/b9-8+/t19-,20+,22?,24+,25-,26-,27-,28+,29+,30-/m1/s1. The van der Waals surface area contributed by atoms with E-state index >= 15 is 0 Å². The predicted octanol–water partition coefficient (Wildman–Crippen LogP) is 7.31. The Kier molecular flexibility index (Phi) is 7.15. The molecule has 1 unspecified atom stereocenters. The molecule has 0 bridgehead atoms. The zero-order valence-corrected chi connectivity index (χ0v) is 23.2. The largest absolute Gasteiger partial charge is 0.462 e. The van der Waals surface area contributed by atoms with Crippen LogP contribution in [0.4, 0.5) is 0 Å². The Bertz CT molecular complexity index is 848. The summed E-state index contributed by atoms with van der Waals surface area (Å²) in [6.07, 6.45) is 13.9. The Morgan fingerprint density at radius 1 is 1.09 bits per heavy atom. The molecule has 192 valence electrons. The molecule has 0 aromatic heterocycles. The quantitative estimate of drug-likeness (QED) is 0.249. The smallest absolute Gasteiger partial charge is 0.302 e. The van der Waals surface area contributed by atoms with Gasteiger partial charge in [0.25, 0.3) is 0 Å². The number of halogens is 1. The number of ether oxygens (including phenoxy) is 1. The molecule has 3 nitrogen and oxygen atoms in total. The minimum atomic E-state index is -1.03. The molecule has 4 heteroatoms. The van der Waals surface area contributed by atoms with Gasteiger partial charge in [0, 0.05) is 18.8 Å². The molecule has 4 rings (SSSR count). The lowest BCUT2D eigenvalue weighted by Gasteiger charge is -2.62. The van der Waals surface area contributed by atoms with Gasteiger partial charge in [0.2, 0.25) is 0 Å². The number of allylic oxidation sites excluding steroid dienone is 3. The summed E-state index contributed by atoms with van der Waals surface area (Å²) in [5.41, 5.74) is 0.527. The zero-order chi connectivity index (χ0) is 25.1. The topological polar surface area (TPSA) is 46.5 Å². The molecule has 0 aromatic carbocycles. The number of rotatable bonds is 5. The molecular formula is C30H47ClO3. The fourth-order valence-corrected chi connectivity index (χ4v) is 8.91. The van der Waals surface area contributed by atoms with Crippen LogP contribution in [0.3, 0.4) is 0 Å². The summed E-state index contributed by atoms with van der Waals surface area (Å²) in [5.74, 6) is 3.22. The molecule has 0 radical (unpaired) electrons. The minimum absolute atomic E-state index is 0.239. The number of hydrogen-bond acceptors (Lipinski definition) is 3. The molecule has 4 aliphatic carbocycles. The lowest BCUT2D eigenvalue weighted by Crippen LogP contribution is -2.64. The maximum absolute atomic E-state index is 12.0. The fraction of sp³-hybridized carbons (Fsp3) is 0.833. The van der Waals surface area contributed by atoms with Crippen LogP contribution in [0.15, 0.2) is 23.8 Å². The number of carbonyl (C=O) groups excluding carboxylic acids is 1. The minimum Gasteiger partial charge on any atom is -0.462 e. The first-order valence-corrected chi connectivity index (χ1v) is 14.2. The van der Waals surface area contributed by atoms with Crippen LogP contribution in [0.5, 0.6) is 0 Å². The normalized spacial score (nSPS) is 45.8. The first-order chi connectivity index (χ1) is 15.8. The molecule has 0 aliphatic heterocycles. The first-order valence-electron chi connectivity index (χ1n) is 13.8. The van der Waals surface area contributed by atoms with E-state index in [4.69, 9.17) is 16.3 Å². The van der Waals surface area contributed by atoms with Gasteiger partial charge in [-0.25, -0.2) is 0 Å². The lowest BCUT2D eigenvalue weighted by molar-refractivity contribution is -0.182. The molecule has 0 aromatic rings. The van der Waals surface area contributed by atoms with Gasteiger partial charge < -0.3 is 9.84 Å². The summed E-state index contributed by atoms with van der Waals surface area (Å²) in [4.78, 5) is 11.6. The number of aliphatic hydroxyl groups is 1. The highest BCUT2D eigenvalue weighted by atomic mass is 35.5. The molecule has 3 saturated carbocycles. The molecule has 1 N–H and O–H groups in total. The zero-order valence-electron chi connectivity index (χ0n) is 22.4. The molecule has 4 aliphatic rings. The summed E-state index contributed by atoms with van der Waals surface area (Å²) < 4.78 is 5.53. The van der Waals surface area contributed by atoms with Gasteiger partial charge >= 0.3 is 5.97 Å². The van der Waals surface area contributed by atoms with Crippen LogP contribution in [0.1, 0.15) is 93.4 Å². The average Bonchev–Trinajstić information content (AvgIpc) is 3.11.